The molecule has 148 valence electrons. The Kier molecular flexibility index (Phi) is 6.21. The Morgan fingerprint density at radius 1 is 1.00 bits per heavy atom. The Hall–Kier alpha value is -1.60. The van der Waals surface area contributed by atoms with Crippen LogP contribution in [0.2, 0.25) is 15.3 Å². The quantitative estimate of drug-likeness (QED) is 0.396. The molecule has 2 heterocycles. The number of rotatable bonds is 7. The summed E-state index contributed by atoms with van der Waals surface area (Å²) in [5.41, 5.74) is 2.61. The van der Waals surface area contributed by atoms with Crippen molar-refractivity contribution < 1.29 is 0 Å². The number of imidazole rings is 1. The van der Waals surface area contributed by atoms with Gasteiger partial charge in [-0.05, 0) is 48.2 Å². The molecule has 1 aliphatic rings. The Balaban J connectivity index is 1.38. The summed E-state index contributed by atoms with van der Waals surface area (Å²) in [4.78, 5) is 13.3. The van der Waals surface area contributed by atoms with Crippen LogP contribution in [-0.2, 0) is 6.54 Å². The summed E-state index contributed by atoms with van der Waals surface area (Å²) in [6.45, 7) is 2.09. The lowest BCUT2D eigenvalue weighted by Gasteiger charge is -2.12. The molecular formula is C19H21Cl3N6. The molecule has 2 N–H and O–H groups in total. The van der Waals surface area contributed by atoms with Crippen LogP contribution in [0.15, 0.2) is 24.5 Å². The van der Waals surface area contributed by atoms with Gasteiger partial charge in [-0.1, -0.05) is 36.0 Å². The van der Waals surface area contributed by atoms with Crippen LogP contribution in [-0.4, -0.2) is 32.6 Å². The monoisotopic (exact) mass is 438 g/mol. The lowest BCUT2D eigenvalue weighted by atomic mass is 10.2. The van der Waals surface area contributed by atoms with Crippen molar-refractivity contribution in [2.75, 3.05) is 18.4 Å². The van der Waals surface area contributed by atoms with E-state index in [1.54, 1.807) is 6.07 Å². The van der Waals surface area contributed by atoms with Gasteiger partial charge in [0.15, 0.2) is 17.0 Å². The van der Waals surface area contributed by atoms with Crippen LogP contribution in [0.3, 0.4) is 0 Å². The van der Waals surface area contributed by atoms with Crippen LogP contribution in [0, 0.1) is 0 Å². The predicted octanol–water partition coefficient (Wildman–Crippen LogP) is 5.10. The molecule has 0 spiro atoms. The molecule has 1 aliphatic carbocycles. The molecule has 0 unspecified atom stereocenters. The first-order chi connectivity index (χ1) is 13.6. The van der Waals surface area contributed by atoms with E-state index < -0.39 is 0 Å². The molecule has 0 radical (unpaired) electrons. The van der Waals surface area contributed by atoms with Gasteiger partial charge in [0.2, 0.25) is 5.28 Å². The highest BCUT2D eigenvalue weighted by atomic mass is 35.5. The third kappa shape index (κ3) is 4.51. The number of fused-ring (bicyclic) bond motifs is 1. The van der Waals surface area contributed by atoms with Crippen molar-refractivity contribution in [3.05, 3.63) is 45.4 Å². The number of anilines is 1. The average Bonchev–Trinajstić information content (AvgIpc) is 3.29. The van der Waals surface area contributed by atoms with Crippen molar-refractivity contribution in [2.45, 2.75) is 38.3 Å². The van der Waals surface area contributed by atoms with Gasteiger partial charge in [0.25, 0.3) is 0 Å². The fraction of sp³-hybridized carbons (Fsp3) is 0.421. The van der Waals surface area contributed by atoms with Crippen LogP contribution in [0.4, 0.5) is 5.82 Å². The number of nitrogens with zero attached hydrogens (tertiary/aromatic N) is 4. The van der Waals surface area contributed by atoms with E-state index in [9.17, 15) is 0 Å². The van der Waals surface area contributed by atoms with E-state index in [0.29, 0.717) is 35.0 Å². The first kappa shape index (κ1) is 19.7. The van der Waals surface area contributed by atoms with Gasteiger partial charge >= 0.3 is 0 Å². The molecule has 0 bridgehead atoms. The Labute approximate surface area is 178 Å². The number of hydrogen-bond acceptors (Lipinski definition) is 5. The molecule has 0 atom stereocenters. The van der Waals surface area contributed by atoms with Gasteiger partial charge in [-0.15, -0.1) is 0 Å². The van der Waals surface area contributed by atoms with Gasteiger partial charge < -0.3 is 15.2 Å². The number of hydrogen-bond donors (Lipinski definition) is 2. The summed E-state index contributed by atoms with van der Waals surface area (Å²) in [6.07, 6.45) is 6.67. The molecule has 0 saturated heterocycles. The minimum absolute atomic E-state index is 0.233. The summed E-state index contributed by atoms with van der Waals surface area (Å²) in [5.74, 6) is 0.666. The minimum atomic E-state index is 0.233. The van der Waals surface area contributed by atoms with Crippen molar-refractivity contribution >= 4 is 51.8 Å². The van der Waals surface area contributed by atoms with Gasteiger partial charge in [0.05, 0.1) is 6.33 Å². The molecule has 6 nitrogen and oxygen atoms in total. The SMILES string of the molecule is Clc1cc(Cl)cc(CNCCNc2nc(Cl)nc3c2ncn3C2CCCC2)c1. The van der Waals surface area contributed by atoms with Crippen molar-refractivity contribution in [1.29, 1.82) is 0 Å². The van der Waals surface area contributed by atoms with Crippen LogP contribution in [0.5, 0.6) is 0 Å². The van der Waals surface area contributed by atoms with Crippen LogP contribution >= 0.6 is 34.8 Å². The van der Waals surface area contributed by atoms with E-state index in [1.807, 2.05) is 18.5 Å². The molecule has 4 rings (SSSR count). The smallest absolute Gasteiger partial charge is 0.226 e. The molecule has 9 heteroatoms. The zero-order chi connectivity index (χ0) is 19.5. The molecule has 28 heavy (non-hydrogen) atoms. The van der Waals surface area contributed by atoms with Crippen LogP contribution < -0.4 is 10.6 Å². The van der Waals surface area contributed by atoms with Crippen molar-refractivity contribution in [2.24, 2.45) is 0 Å². The summed E-state index contributed by atoms with van der Waals surface area (Å²) >= 11 is 18.2. The summed E-state index contributed by atoms with van der Waals surface area (Å²) in [7, 11) is 0. The largest absolute Gasteiger partial charge is 0.367 e. The van der Waals surface area contributed by atoms with E-state index in [-0.39, 0.29) is 5.28 Å². The normalized spacial score (nSPS) is 14.8. The van der Waals surface area contributed by atoms with E-state index in [0.717, 1.165) is 36.1 Å². The van der Waals surface area contributed by atoms with E-state index in [2.05, 4.69) is 30.2 Å². The minimum Gasteiger partial charge on any atom is -0.367 e. The summed E-state index contributed by atoms with van der Waals surface area (Å²) < 4.78 is 2.14. The van der Waals surface area contributed by atoms with Crippen LogP contribution in [0.25, 0.3) is 11.2 Å². The molecular weight excluding hydrogens is 419 g/mol. The fourth-order valence-corrected chi connectivity index (χ4v) is 4.41. The highest BCUT2D eigenvalue weighted by Gasteiger charge is 2.21. The van der Waals surface area contributed by atoms with Gasteiger partial charge in [-0.2, -0.15) is 9.97 Å². The second-order valence-electron chi connectivity index (χ2n) is 6.98. The number of halogens is 3. The second-order valence-corrected chi connectivity index (χ2v) is 8.20. The lowest BCUT2D eigenvalue weighted by molar-refractivity contribution is 0.529. The highest BCUT2D eigenvalue weighted by molar-refractivity contribution is 6.34. The zero-order valence-electron chi connectivity index (χ0n) is 15.3. The lowest BCUT2D eigenvalue weighted by Crippen LogP contribution is -2.22. The number of benzene rings is 1. The maximum atomic E-state index is 6.17. The first-order valence-electron chi connectivity index (χ1n) is 9.40. The van der Waals surface area contributed by atoms with E-state index >= 15 is 0 Å². The number of aromatic nitrogens is 4. The van der Waals surface area contributed by atoms with Gasteiger partial charge in [-0.3, -0.25) is 0 Å². The highest BCUT2D eigenvalue weighted by Crippen LogP contribution is 2.32. The van der Waals surface area contributed by atoms with Gasteiger partial charge in [-0.25, -0.2) is 4.98 Å². The standard InChI is InChI=1S/C19H21Cl3N6/c20-13-7-12(8-14(21)9-13)10-23-5-6-24-17-16-18(27-19(22)26-17)28(11-25-16)15-3-1-2-4-15/h7-9,11,15,23H,1-6,10H2,(H,24,26,27). The fourth-order valence-electron chi connectivity index (χ4n) is 3.68. The van der Waals surface area contributed by atoms with Crippen molar-refractivity contribution in [3.63, 3.8) is 0 Å². The molecule has 1 aromatic carbocycles. The molecule has 2 aromatic heterocycles. The molecule has 1 fully saturated rings. The Morgan fingerprint density at radius 3 is 2.50 bits per heavy atom. The third-order valence-electron chi connectivity index (χ3n) is 4.96. The molecule has 0 amide bonds. The summed E-state index contributed by atoms with van der Waals surface area (Å²) in [6, 6.07) is 5.98. The predicted molar refractivity (Wildman–Crippen MR) is 114 cm³/mol. The summed E-state index contributed by atoms with van der Waals surface area (Å²) in [5, 5.41) is 8.18. The average molecular weight is 440 g/mol. The first-order valence-corrected chi connectivity index (χ1v) is 10.5. The van der Waals surface area contributed by atoms with E-state index in [1.165, 1.54) is 12.8 Å². The third-order valence-corrected chi connectivity index (χ3v) is 5.56. The number of nitrogens with one attached hydrogen (secondary N) is 2. The zero-order valence-corrected chi connectivity index (χ0v) is 17.5. The van der Waals surface area contributed by atoms with Gasteiger partial charge in [0, 0.05) is 35.7 Å². The second kappa shape index (κ2) is 8.82. The van der Waals surface area contributed by atoms with Gasteiger partial charge in [0.1, 0.15) is 0 Å². The molecule has 1 saturated carbocycles. The Morgan fingerprint density at radius 2 is 1.75 bits per heavy atom. The Bertz CT molecular complexity index is 947. The van der Waals surface area contributed by atoms with E-state index in [4.69, 9.17) is 34.8 Å². The maximum Gasteiger partial charge on any atom is 0.226 e. The van der Waals surface area contributed by atoms with Crippen molar-refractivity contribution in [1.82, 2.24) is 24.8 Å². The van der Waals surface area contributed by atoms with Crippen LogP contribution in [0.1, 0.15) is 37.3 Å². The topological polar surface area (TPSA) is 67.7 Å². The maximum absolute atomic E-state index is 6.17. The molecule has 3 aromatic rings. The molecule has 0 aliphatic heterocycles. The van der Waals surface area contributed by atoms with Crippen molar-refractivity contribution in [3.8, 4) is 0 Å².